The van der Waals surface area contributed by atoms with Crippen LogP contribution < -0.4 is 4.74 Å². The predicted molar refractivity (Wildman–Crippen MR) is 101 cm³/mol. The lowest BCUT2D eigenvalue weighted by Crippen LogP contribution is -2.23. The fourth-order valence-corrected chi connectivity index (χ4v) is 3.04. The third-order valence-corrected chi connectivity index (χ3v) is 4.61. The predicted octanol–water partition coefficient (Wildman–Crippen LogP) is 3.96. The molecule has 0 bridgehead atoms. The Labute approximate surface area is 149 Å². The lowest BCUT2D eigenvalue weighted by Gasteiger charge is -2.15. The Bertz CT molecular complexity index is 883. The molecule has 132 valence electrons. The highest BCUT2D eigenvalue weighted by Gasteiger charge is 2.11. The molecule has 0 aliphatic carbocycles. The molecule has 4 heteroatoms. The topological polar surface area (TPSA) is 47.3 Å². The number of imidazole rings is 1. The fourth-order valence-electron chi connectivity index (χ4n) is 3.04. The van der Waals surface area contributed by atoms with Crippen molar-refractivity contribution in [3.8, 4) is 5.75 Å². The Hall–Kier alpha value is -2.33. The molecule has 0 radical (unpaired) electrons. The molecule has 0 aliphatic heterocycles. The Balaban J connectivity index is 1.68. The summed E-state index contributed by atoms with van der Waals surface area (Å²) >= 11 is 0. The number of fused-ring (bicyclic) bond motifs is 1. The average molecular weight is 338 g/mol. The first-order chi connectivity index (χ1) is 12.0. The molecule has 0 aliphatic rings. The number of aryl methyl sites for hydroxylation is 4. The van der Waals surface area contributed by atoms with Crippen molar-refractivity contribution in [2.24, 2.45) is 0 Å². The molecule has 0 fully saturated rings. The number of aliphatic hydroxyl groups excluding tert-OH is 1. The summed E-state index contributed by atoms with van der Waals surface area (Å²) in [6, 6.07) is 10.4. The molecule has 0 saturated carbocycles. The summed E-state index contributed by atoms with van der Waals surface area (Å²) < 4.78 is 7.80. The van der Waals surface area contributed by atoms with Crippen molar-refractivity contribution in [3.05, 3.63) is 58.9 Å². The van der Waals surface area contributed by atoms with E-state index in [1.165, 1.54) is 22.3 Å². The molecule has 3 aromatic rings. The van der Waals surface area contributed by atoms with Gasteiger partial charge >= 0.3 is 0 Å². The van der Waals surface area contributed by atoms with E-state index in [2.05, 4.69) is 50.9 Å². The highest BCUT2D eigenvalue weighted by atomic mass is 16.5. The highest BCUT2D eigenvalue weighted by molar-refractivity contribution is 5.77. The number of rotatable bonds is 6. The van der Waals surface area contributed by atoms with Crippen LogP contribution in [0.3, 0.4) is 0 Å². The second-order valence-corrected chi connectivity index (χ2v) is 6.79. The van der Waals surface area contributed by atoms with Crippen LogP contribution in [0.5, 0.6) is 5.75 Å². The number of aliphatic hydroxyl groups is 1. The summed E-state index contributed by atoms with van der Waals surface area (Å²) in [4.78, 5) is 4.44. The van der Waals surface area contributed by atoms with Gasteiger partial charge in [0.2, 0.25) is 0 Å². The van der Waals surface area contributed by atoms with E-state index in [4.69, 9.17) is 4.74 Å². The summed E-state index contributed by atoms with van der Waals surface area (Å²) in [5, 5.41) is 10.4. The zero-order valence-corrected chi connectivity index (χ0v) is 15.4. The Morgan fingerprint density at radius 1 is 1.08 bits per heavy atom. The van der Waals surface area contributed by atoms with Gasteiger partial charge in [0.15, 0.2) is 0 Å². The van der Waals surface area contributed by atoms with Crippen LogP contribution in [-0.2, 0) is 13.0 Å². The van der Waals surface area contributed by atoms with Crippen LogP contribution in [-0.4, -0.2) is 27.4 Å². The van der Waals surface area contributed by atoms with E-state index in [1.54, 1.807) is 6.33 Å². The SMILES string of the molecule is CCc1cc(C)cc(OC[C@H](O)Cn2cnc3cc(C)c(C)cc32)c1. The molecule has 2 aromatic carbocycles. The second kappa shape index (κ2) is 7.28. The summed E-state index contributed by atoms with van der Waals surface area (Å²) in [6.45, 7) is 9.09. The molecular formula is C21H26N2O2. The van der Waals surface area contributed by atoms with E-state index in [0.717, 1.165) is 23.2 Å². The molecule has 0 amide bonds. The van der Waals surface area contributed by atoms with Crippen LogP contribution in [0, 0.1) is 20.8 Å². The van der Waals surface area contributed by atoms with E-state index in [1.807, 2.05) is 16.7 Å². The number of nitrogens with zero attached hydrogens (tertiary/aromatic N) is 2. The minimum absolute atomic E-state index is 0.261. The Morgan fingerprint density at radius 3 is 2.60 bits per heavy atom. The maximum atomic E-state index is 10.4. The number of hydrogen-bond donors (Lipinski definition) is 1. The molecule has 1 atom stereocenters. The number of aromatic nitrogens is 2. The van der Waals surface area contributed by atoms with Crippen molar-refractivity contribution in [2.45, 2.75) is 46.8 Å². The molecule has 1 N–H and O–H groups in total. The van der Waals surface area contributed by atoms with Gasteiger partial charge in [0, 0.05) is 0 Å². The lowest BCUT2D eigenvalue weighted by molar-refractivity contribution is 0.0933. The standard InChI is InChI=1S/C21H26N2O2/c1-5-17-6-14(2)7-19(10-17)25-12-18(24)11-23-13-22-20-8-15(3)16(4)9-21(20)23/h6-10,13,18,24H,5,11-12H2,1-4H3/t18-/m1/s1. The Morgan fingerprint density at radius 2 is 1.84 bits per heavy atom. The van der Waals surface area contributed by atoms with Gasteiger partial charge in [0.05, 0.1) is 23.9 Å². The monoisotopic (exact) mass is 338 g/mol. The molecule has 25 heavy (non-hydrogen) atoms. The summed E-state index contributed by atoms with van der Waals surface area (Å²) in [7, 11) is 0. The van der Waals surface area contributed by atoms with Crippen molar-refractivity contribution in [2.75, 3.05) is 6.61 Å². The van der Waals surface area contributed by atoms with E-state index >= 15 is 0 Å². The third-order valence-electron chi connectivity index (χ3n) is 4.61. The summed E-state index contributed by atoms with van der Waals surface area (Å²) in [5.41, 5.74) is 6.89. The van der Waals surface area contributed by atoms with Crippen LogP contribution in [0.2, 0.25) is 0 Å². The van der Waals surface area contributed by atoms with Gasteiger partial charge in [-0.2, -0.15) is 0 Å². The van der Waals surface area contributed by atoms with Crippen molar-refractivity contribution in [1.29, 1.82) is 0 Å². The van der Waals surface area contributed by atoms with Gasteiger partial charge in [-0.05, 0) is 73.7 Å². The van der Waals surface area contributed by atoms with Gasteiger partial charge in [-0.15, -0.1) is 0 Å². The minimum Gasteiger partial charge on any atom is -0.491 e. The summed E-state index contributed by atoms with van der Waals surface area (Å²) in [6.07, 6.45) is 2.17. The first-order valence-corrected chi connectivity index (χ1v) is 8.79. The van der Waals surface area contributed by atoms with Gasteiger partial charge in [0.25, 0.3) is 0 Å². The van der Waals surface area contributed by atoms with Crippen molar-refractivity contribution in [3.63, 3.8) is 0 Å². The molecule has 0 saturated heterocycles. The maximum Gasteiger partial charge on any atom is 0.119 e. The maximum absolute atomic E-state index is 10.4. The first-order valence-electron chi connectivity index (χ1n) is 8.79. The molecule has 1 heterocycles. The van der Waals surface area contributed by atoms with E-state index in [-0.39, 0.29) is 6.61 Å². The molecule has 4 nitrogen and oxygen atoms in total. The van der Waals surface area contributed by atoms with Gasteiger partial charge in [-0.25, -0.2) is 4.98 Å². The fraction of sp³-hybridized carbons (Fsp3) is 0.381. The van der Waals surface area contributed by atoms with E-state index in [0.29, 0.717) is 6.54 Å². The summed E-state index contributed by atoms with van der Waals surface area (Å²) in [5.74, 6) is 0.817. The number of ether oxygens (including phenoxy) is 1. The average Bonchev–Trinajstić information content (AvgIpc) is 2.94. The molecule has 1 aromatic heterocycles. The molecule has 0 unspecified atom stereocenters. The van der Waals surface area contributed by atoms with Crippen molar-refractivity contribution < 1.29 is 9.84 Å². The molecular weight excluding hydrogens is 312 g/mol. The Kier molecular flexibility index (Phi) is 5.09. The van der Waals surface area contributed by atoms with Crippen LogP contribution in [0.4, 0.5) is 0 Å². The van der Waals surface area contributed by atoms with Gasteiger partial charge in [-0.3, -0.25) is 0 Å². The molecule has 3 rings (SSSR count). The normalized spacial score (nSPS) is 12.5. The zero-order valence-electron chi connectivity index (χ0n) is 15.4. The molecule has 0 spiro atoms. The number of benzene rings is 2. The minimum atomic E-state index is -0.593. The zero-order chi connectivity index (χ0) is 18.0. The lowest BCUT2D eigenvalue weighted by atomic mass is 10.1. The van der Waals surface area contributed by atoms with Crippen LogP contribution >= 0.6 is 0 Å². The largest absolute Gasteiger partial charge is 0.491 e. The smallest absolute Gasteiger partial charge is 0.119 e. The van der Waals surface area contributed by atoms with Crippen molar-refractivity contribution >= 4 is 11.0 Å². The van der Waals surface area contributed by atoms with Crippen molar-refractivity contribution in [1.82, 2.24) is 9.55 Å². The quantitative estimate of drug-likeness (QED) is 0.740. The number of hydrogen-bond acceptors (Lipinski definition) is 3. The van der Waals surface area contributed by atoms with E-state index < -0.39 is 6.10 Å². The van der Waals surface area contributed by atoms with E-state index in [9.17, 15) is 5.11 Å². The van der Waals surface area contributed by atoms with Gasteiger partial charge in [0.1, 0.15) is 18.5 Å². The second-order valence-electron chi connectivity index (χ2n) is 6.79. The van der Waals surface area contributed by atoms with Crippen LogP contribution in [0.25, 0.3) is 11.0 Å². The van der Waals surface area contributed by atoms with Gasteiger partial charge < -0.3 is 14.4 Å². The van der Waals surface area contributed by atoms with Crippen LogP contribution in [0.1, 0.15) is 29.2 Å². The van der Waals surface area contributed by atoms with Crippen LogP contribution in [0.15, 0.2) is 36.7 Å². The highest BCUT2D eigenvalue weighted by Crippen LogP contribution is 2.20. The van der Waals surface area contributed by atoms with Gasteiger partial charge in [-0.1, -0.05) is 13.0 Å². The third kappa shape index (κ3) is 4.02. The first kappa shape index (κ1) is 17.5.